The van der Waals surface area contributed by atoms with Crippen molar-refractivity contribution in [2.24, 2.45) is 0 Å². The van der Waals surface area contributed by atoms with E-state index in [1.54, 1.807) is 24.3 Å². The van der Waals surface area contributed by atoms with E-state index in [0.717, 1.165) is 5.56 Å². The molecule has 14 heavy (non-hydrogen) atoms. The summed E-state index contributed by atoms with van der Waals surface area (Å²) in [5.74, 6) is -0.924. The van der Waals surface area contributed by atoms with E-state index in [9.17, 15) is 9.90 Å². The van der Waals surface area contributed by atoms with Crippen LogP contribution in [0.4, 0.5) is 0 Å². The summed E-state index contributed by atoms with van der Waals surface area (Å²) in [5, 5.41) is 18.0. The molecule has 0 bridgehead atoms. The third kappa shape index (κ3) is 2.85. The first-order valence-corrected chi connectivity index (χ1v) is 4.63. The van der Waals surface area contributed by atoms with Crippen molar-refractivity contribution >= 4 is 5.97 Å². The highest BCUT2D eigenvalue weighted by atomic mass is 16.4. The van der Waals surface area contributed by atoms with Gasteiger partial charge in [-0.3, -0.25) is 0 Å². The van der Waals surface area contributed by atoms with Crippen molar-refractivity contribution in [2.45, 2.75) is 25.9 Å². The van der Waals surface area contributed by atoms with Crippen molar-refractivity contribution in [3.8, 4) is 0 Å². The van der Waals surface area contributed by atoms with Gasteiger partial charge >= 0.3 is 5.97 Å². The van der Waals surface area contributed by atoms with E-state index in [4.69, 9.17) is 5.11 Å². The molecule has 0 aromatic heterocycles. The van der Waals surface area contributed by atoms with Gasteiger partial charge in [-0.25, -0.2) is 4.79 Å². The molecule has 1 atom stereocenters. The summed E-state index contributed by atoms with van der Waals surface area (Å²) in [6, 6.07) is 6.59. The fraction of sp³-hybridized carbons (Fsp3) is 0.364. The van der Waals surface area contributed by atoms with Crippen LogP contribution < -0.4 is 0 Å². The molecule has 0 aliphatic heterocycles. The summed E-state index contributed by atoms with van der Waals surface area (Å²) in [4.78, 5) is 10.5. The number of benzene rings is 1. The largest absolute Gasteiger partial charge is 0.478 e. The Morgan fingerprint density at radius 2 is 1.93 bits per heavy atom. The van der Waals surface area contributed by atoms with Crippen LogP contribution in [0.2, 0.25) is 0 Å². The van der Waals surface area contributed by atoms with Crippen LogP contribution in [0.5, 0.6) is 0 Å². The quantitative estimate of drug-likeness (QED) is 0.767. The Kier molecular flexibility index (Phi) is 3.65. The third-order valence-corrected chi connectivity index (χ3v) is 2.14. The molecule has 76 valence electrons. The third-order valence-electron chi connectivity index (χ3n) is 2.14. The second-order valence-electron chi connectivity index (χ2n) is 3.27. The van der Waals surface area contributed by atoms with Crippen LogP contribution in [-0.2, 0) is 6.42 Å². The number of aromatic carboxylic acids is 1. The topological polar surface area (TPSA) is 57.5 Å². The van der Waals surface area contributed by atoms with Gasteiger partial charge in [0, 0.05) is 0 Å². The molecule has 0 amide bonds. The standard InChI is InChI=1S/C11H14O3/c1-2-10(12)7-8-3-5-9(6-4-8)11(13)14/h3-6,10,12H,2,7H2,1H3,(H,13,14). The molecular weight excluding hydrogens is 180 g/mol. The summed E-state index contributed by atoms with van der Waals surface area (Å²) >= 11 is 0. The highest BCUT2D eigenvalue weighted by Crippen LogP contribution is 2.08. The average Bonchev–Trinajstić information content (AvgIpc) is 2.18. The van der Waals surface area contributed by atoms with Gasteiger partial charge in [-0.2, -0.15) is 0 Å². The molecule has 0 fully saturated rings. The summed E-state index contributed by atoms with van der Waals surface area (Å²) in [6.07, 6.45) is 0.947. The van der Waals surface area contributed by atoms with E-state index in [2.05, 4.69) is 0 Å². The molecule has 0 aliphatic carbocycles. The average molecular weight is 194 g/mol. The molecule has 1 aromatic rings. The van der Waals surface area contributed by atoms with Gasteiger partial charge in [0.25, 0.3) is 0 Å². The van der Waals surface area contributed by atoms with Crippen molar-refractivity contribution in [1.82, 2.24) is 0 Å². The molecule has 1 rings (SSSR count). The Bertz CT molecular complexity index is 303. The second-order valence-corrected chi connectivity index (χ2v) is 3.27. The first-order chi connectivity index (χ1) is 6.63. The fourth-order valence-electron chi connectivity index (χ4n) is 1.20. The van der Waals surface area contributed by atoms with Crippen molar-refractivity contribution < 1.29 is 15.0 Å². The van der Waals surface area contributed by atoms with Crippen LogP contribution in [0, 0.1) is 0 Å². The molecule has 0 radical (unpaired) electrons. The lowest BCUT2D eigenvalue weighted by Crippen LogP contribution is -2.08. The molecule has 1 aromatic carbocycles. The number of hydrogen-bond donors (Lipinski definition) is 2. The Morgan fingerprint density at radius 3 is 2.36 bits per heavy atom. The number of rotatable bonds is 4. The van der Waals surface area contributed by atoms with E-state index >= 15 is 0 Å². The minimum Gasteiger partial charge on any atom is -0.478 e. The second kappa shape index (κ2) is 4.77. The maximum atomic E-state index is 10.5. The van der Waals surface area contributed by atoms with Gasteiger partial charge in [0.15, 0.2) is 0 Å². The van der Waals surface area contributed by atoms with Crippen LogP contribution >= 0.6 is 0 Å². The van der Waals surface area contributed by atoms with Gasteiger partial charge in [0.2, 0.25) is 0 Å². The number of carboxylic acids is 1. The summed E-state index contributed by atoms with van der Waals surface area (Å²) in [7, 11) is 0. The molecule has 3 heteroatoms. The first-order valence-electron chi connectivity index (χ1n) is 4.63. The van der Waals surface area contributed by atoms with E-state index in [-0.39, 0.29) is 11.7 Å². The van der Waals surface area contributed by atoms with Crippen molar-refractivity contribution in [3.63, 3.8) is 0 Å². The Morgan fingerprint density at radius 1 is 1.36 bits per heavy atom. The Hall–Kier alpha value is -1.35. The van der Waals surface area contributed by atoms with Crippen LogP contribution in [0.25, 0.3) is 0 Å². The number of carboxylic acid groups (broad SMARTS) is 1. The van der Waals surface area contributed by atoms with Crippen LogP contribution in [0.15, 0.2) is 24.3 Å². The summed E-state index contributed by atoms with van der Waals surface area (Å²) < 4.78 is 0. The van der Waals surface area contributed by atoms with Gasteiger partial charge in [0.05, 0.1) is 11.7 Å². The smallest absolute Gasteiger partial charge is 0.335 e. The maximum Gasteiger partial charge on any atom is 0.335 e. The van der Waals surface area contributed by atoms with Crippen LogP contribution in [0.3, 0.4) is 0 Å². The molecule has 2 N–H and O–H groups in total. The van der Waals surface area contributed by atoms with E-state index in [1.165, 1.54) is 0 Å². The molecule has 0 saturated heterocycles. The van der Waals surface area contributed by atoms with Gasteiger partial charge in [-0.1, -0.05) is 19.1 Å². The SMILES string of the molecule is CCC(O)Cc1ccc(C(=O)O)cc1. The number of hydrogen-bond acceptors (Lipinski definition) is 2. The zero-order chi connectivity index (χ0) is 10.6. The molecular formula is C11H14O3. The molecule has 1 unspecified atom stereocenters. The van der Waals surface area contributed by atoms with E-state index < -0.39 is 5.97 Å². The highest BCUT2D eigenvalue weighted by molar-refractivity contribution is 5.87. The normalized spacial score (nSPS) is 12.4. The van der Waals surface area contributed by atoms with Gasteiger partial charge in [-0.05, 0) is 30.5 Å². The van der Waals surface area contributed by atoms with Crippen molar-refractivity contribution in [2.75, 3.05) is 0 Å². The first kappa shape index (κ1) is 10.7. The Labute approximate surface area is 83.0 Å². The van der Waals surface area contributed by atoms with Crippen LogP contribution in [-0.4, -0.2) is 22.3 Å². The summed E-state index contributed by atoms with van der Waals surface area (Å²) in [6.45, 7) is 1.91. The maximum absolute atomic E-state index is 10.5. The lowest BCUT2D eigenvalue weighted by molar-refractivity contribution is 0.0697. The number of carbonyl (C=O) groups is 1. The lowest BCUT2D eigenvalue weighted by Gasteiger charge is -2.07. The zero-order valence-corrected chi connectivity index (χ0v) is 8.10. The minimum absolute atomic E-state index is 0.278. The molecule has 3 nitrogen and oxygen atoms in total. The molecule has 0 heterocycles. The monoisotopic (exact) mass is 194 g/mol. The zero-order valence-electron chi connectivity index (χ0n) is 8.10. The highest BCUT2D eigenvalue weighted by Gasteiger charge is 2.04. The van der Waals surface area contributed by atoms with Crippen molar-refractivity contribution in [1.29, 1.82) is 0 Å². The predicted octanol–water partition coefficient (Wildman–Crippen LogP) is 1.70. The summed E-state index contributed by atoms with van der Waals surface area (Å²) in [5.41, 5.74) is 1.24. The van der Waals surface area contributed by atoms with E-state index in [1.807, 2.05) is 6.92 Å². The van der Waals surface area contributed by atoms with Gasteiger partial charge in [-0.15, -0.1) is 0 Å². The van der Waals surface area contributed by atoms with Gasteiger partial charge < -0.3 is 10.2 Å². The molecule has 0 aliphatic rings. The predicted molar refractivity (Wildman–Crippen MR) is 53.4 cm³/mol. The van der Waals surface area contributed by atoms with Gasteiger partial charge in [0.1, 0.15) is 0 Å². The van der Waals surface area contributed by atoms with E-state index in [0.29, 0.717) is 12.8 Å². The molecule has 0 spiro atoms. The Balaban J connectivity index is 2.68. The fourth-order valence-corrected chi connectivity index (χ4v) is 1.20. The number of aliphatic hydroxyl groups excluding tert-OH is 1. The van der Waals surface area contributed by atoms with Crippen molar-refractivity contribution in [3.05, 3.63) is 35.4 Å². The number of aliphatic hydroxyl groups is 1. The lowest BCUT2D eigenvalue weighted by atomic mass is 10.0. The molecule has 0 saturated carbocycles. The minimum atomic E-state index is -0.924. The van der Waals surface area contributed by atoms with Crippen LogP contribution in [0.1, 0.15) is 29.3 Å².